The Labute approximate surface area is 147 Å². The maximum Gasteiger partial charge on any atom is 0.225 e. The third kappa shape index (κ3) is 3.68. The van der Waals surface area contributed by atoms with Crippen molar-refractivity contribution < 1.29 is 18.7 Å². The maximum absolute atomic E-state index is 13.2. The number of carbonyl (C=O) groups excluding carboxylic acids is 2. The van der Waals surface area contributed by atoms with Crippen LogP contribution in [0.4, 0.5) is 4.39 Å². The molecule has 2 fully saturated rings. The summed E-state index contributed by atoms with van der Waals surface area (Å²) in [5.41, 5.74) is 0.386. The summed E-state index contributed by atoms with van der Waals surface area (Å²) < 4.78 is 18.8. The van der Waals surface area contributed by atoms with Crippen LogP contribution in [-0.2, 0) is 20.9 Å². The first-order valence-corrected chi connectivity index (χ1v) is 8.83. The van der Waals surface area contributed by atoms with E-state index in [4.69, 9.17) is 4.74 Å². The van der Waals surface area contributed by atoms with Gasteiger partial charge in [-0.3, -0.25) is 9.59 Å². The molecule has 0 aromatic heterocycles. The van der Waals surface area contributed by atoms with Crippen molar-refractivity contribution in [2.45, 2.75) is 38.8 Å². The van der Waals surface area contributed by atoms with Gasteiger partial charge in [0.1, 0.15) is 5.82 Å². The van der Waals surface area contributed by atoms with Gasteiger partial charge in [0, 0.05) is 38.6 Å². The Morgan fingerprint density at radius 1 is 1.32 bits per heavy atom. The molecule has 6 heteroatoms. The van der Waals surface area contributed by atoms with Gasteiger partial charge in [-0.25, -0.2) is 4.39 Å². The number of carbonyl (C=O) groups is 2. The second kappa shape index (κ2) is 7.12. The molecule has 0 radical (unpaired) electrons. The molecule has 0 bridgehead atoms. The summed E-state index contributed by atoms with van der Waals surface area (Å²) in [6.45, 7) is 6.12. The molecule has 3 rings (SSSR count). The van der Waals surface area contributed by atoms with E-state index >= 15 is 0 Å². The molecule has 2 saturated heterocycles. The van der Waals surface area contributed by atoms with Gasteiger partial charge in [-0.2, -0.15) is 0 Å². The molecular weight excluding hydrogens is 323 g/mol. The van der Waals surface area contributed by atoms with Crippen molar-refractivity contribution in [3.8, 4) is 0 Å². The van der Waals surface area contributed by atoms with Gasteiger partial charge in [-0.05, 0) is 24.1 Å². The fourth-order valence-corrected chi connectivity index (χ4v) is 3.67. The maximum atomic E-state index is 13.2. The SMILES string of the molecule is CC(C)C(=O)N1CCC(=O)N(Cc2ccc(F)cc2)C2(CCOC2)C1. The lowest BCUT2D eigenvalue weighted by atomic mass is 9.94. The van der Waals surface area contributed by atoms with Crippen molar-refractivity contribution in [2.75, 3.05) is 26.3 Å². The van der Waals surface area contributed by atoms with Gasteiger partial charge in [0.15, 0.2) is 0 Å². The van der Waals surface area contributed by atoms with Crippen LogP contribution in [-0.4, -0.2) is 53.5 Å². The first-order chi connectivity index (χ1) is 11.9. The van der Waals surface area contributed by atoms with E-state index in [1.165, 1.54) is 12.1 Å². The number of nitrogens with zero attached hydrogens (tertiary/aromatic N) is 2. The van der Waals surface area contributed by atoms with E-state index in [2.05, 4.69) is 0 Å². The molecule has 25 heavy (non-hydrogen) atoms. The van der Waals surface area contributed by atoms with Crippen LogP contribution in [0.1, 0.15) is 32.3 Å². The zero-order valence-corrected chi connectivity index (χ0v) is 14.8. The molecular formula is C19H25FN2O3. The first kappa shape index (κ1) is 17.9. The topological polar surface area (TPSA) is 49.9 Å². The Hall–Kier alpha value is -1.95. The number of amides is 2. The Balaban J connectivity index is 1.88. The molecule has 2 aliphatic heterocycles. The van der Waals surface area contributed by atoms with E-state index in [9.17, 15) is 14.0 Å². The molecule has 2 aliphatic rings. The van der Waals surface area contributed by atoms with E-state index in [1.54, 1.807) is 12.1 Å². The molecule has 2 amide bonds. The lowest BCUT2D eigenvalue weighted by Crippen LogP contribution is -2.56. The molecule has 0 saturated carbocycles. The van der Waals surface area contributed by atoms with Gasteiger partial charge in [-0.15, -0.1) is 0 Å². The zero-order valence-electron chi connectivity index (χ0n) is 14.8. The van der Waals surface area contributed by atoms with Gasteiger partial charge < -0.3 is 14.5 Å². The predicted octanol–water partition coefficient (Wildman–Crippen LogP) is 2.20. The second-order valence-electron chi connectivity index (χ2n) is 7.30. The third-order valence-corrected chi connectivity index (χ3v) is 5.10. The van der Waals surface area contributed by atoms with Crippen molar-refractivity contribution in [3.63, 3.8) is 0 Å². The Kier molecular flexibility index (Phi) is 5.08. The first-order valence-electron chi connectivity index (χ1n) is 8.83. The molecule has 1 unspecified atom stereocenters. The molecule has 0 aliphatic carbocycles. The highest BCUT2D eigenvalue weighted by molar-refractivity contribution is 5.82. The molecule has 1 aromatic rings. The smallest absolute Gasteiger partial charge is 0.225 e. The summed E-state index contributed by atoms with van der Waals surface area (Å²) in [6, 6.07) is 6.22. The Morgan fingerprint density at radius 3 is 2.64 bits per heavy atom. The normalized spacial score (nSPS) is 24.2. The number of ether oxygens (including phenoxy) is 1. The quantitative estimate of drug-likeness (QED) is 0.841. The highest BCUT2D eigenvalue weighted by Crippen LogP contribution is 2.32. The zero-order chi connectivity index (χ0) is 18.0. The lowest BCUT2D eigenvalue weighted by molar-refractivity contribution is -0.139. The summed E-state index contributed by atoms with van der Waals surface area (Å²) in [7, 11) is 0. The summed E-state index contributed by atoms with van der Waals surface area (Å²) in [5, 5.41) is 0. The number of halogens is 1. The summed E-state index contributed by atoms with van der Waals surface area (Å²) in [6.07, 6.45) is 1.02. The highest BCUT2D eigenvalue weighted by atomic mass is 19.1. The van der Waals surface area contributed by atoms with E-state index in [-0.39, 0.29) is 23.5 Å². The highest BCUT2D eigenvalue weighted by Gasteiger charge is 2.47. The Morgan fingerprint density at radius 2 is 2.04 bits per heavy atom. The Bertz CT molecular complexity index is 639. The van der Waals surface area contributed by atoms with Crippen LogP contribution in [0.25, 0.3) is 0 Å². The minimum atomic E-state index is -0.494. The molecule has 1 aromatic carbocycles. The number of hydrogen-bond donors (Lipinski definition) is 0. The van der Waals surface area contributed by atoms with Crippen molar-refractivity contribution in [1.82, 2.24) is 9.80 Å². The largest absolute Gasteiger partial charge is 0.379 e. The predicted molar refractivity (Wildman–Crippen MR) is 91.2 cm³/mol. The van der Waals surface area contributed by atoms with Crippen LogP contribution >= 0.6 is 0 Å². The fourth-order valence-electron chi connectivity index (χ4n) is 3.67. The average Bonchev–Trinajstić information content (AvgIpc) is 3.01. The van der Waals surface area contributed by atoms with Crippen molar-refractivity contribution >= 4 is 11.8 Å². The monoisotopic (exact) mass is 348 g/mol. The summed E-state index contributed by atoms with van der Waals surface area (Å²) in [5.74, 6) is -0.298. The minimum Gasteiger partial charge on any atom is -0.379 e. The average molecular weight is 348 g/mol. The van der Waals surface area contributed by atoms with Crippen LogP contribution in [0, 0.1) is 11.7 Å². The molecule has 0 N–H and O–H groups in total. The molecule has 5 nitrogen and oxygen atoms in total. The molecule has 2 heterocycles. The van der Waals surface area contributed by atoms with Crippen molar-refractivity contribution in [1.29, 1.82) is 0 Å². The third-order valence-electron chi connectivity index (χ3n) is 5.10. The number of rotatable bonds is 3. The number of hydrogen-bond acceptors (Lipinski definition) is 3. The summed E-state index contributed by atoms with van der Waals surface area (Å²) in [4.78, 5) is 29.0. The van der Waals surface area contributed by atoms with E-state index < -0.39 is 5.54 Å². The van der Waals surface area contributed by atoms with Crippen LogP contribution < -0.4 is 0 Å². The second-order valence-corrected chi connectivity index (χ2v) is 7.30. The van der Waals surface area contributed by atoms with Gasteiger partial charge >= 0.3 is 0 Å². The minimum absolute atomic E-state index is 0.0221. The van der Waals surface area contributed by atoms with Crippen LogP contribution in [0.3, 0.4) is 0 Å². The molecule has 136 valence electrons. The van der Waals surface area contributed by atoms with Crippen LogP contribution in [0.15, 0.2) is 24.3 Å². The van der Waals surface area contributed by atoms with Gasteiger partial charge in [0.2, 0.25) is 11.8 Å². The number of benzene rings is 1. The van der Waals surface area contributed by atoms with Crippen molar-refractivity contribution in [3.05, 3.63) is 35.6 Å². The van der Waals surface area contributed by atoms with Gasteiger partial charge in [0.05, 0.1) is 12.1 Å². The fraction of sp³-hybridized carbons (Fsp3) is 0.579. The lowest BCUT2D eigenvalue weighted by Gasteiger charge is -2.41. The van der Waals surface area contributed by atoms with Crippen molar-refractivity contribution in [2.24, 2.45) is 5.92 Å². The van der Waals surface area contributed by atoms with Crippen LogP contribution in [0.2, 0.25) is 0 Å². The molecule has 1 spiro atoms. The van der Waals surface area contributed by atoms with E-state index in [0.717, 1.165) is 5.56 Å². The summed E-state index contributed by atoms with van der Waals surface area (Å²) >= 11 is 0. The van der Waals surface area contributed by atoms with Gasteiger partial charge in [0.25, 0.3) is 0 Å². The standard InChI is InChI=1S/C19H25FN2O3/c1-14(2)18(24)21-9-7-17(23)22(19(12-21)8-10-25-13-19)11-15-3-5-16(20)6-4-15/h3-6,14H,7-13H2,1-2H3. The van der Waals surface area contributed by atoms with Crippen LogP contribution in [0.5, 0.6) is 0 Å². The molecule has 1 atom stereocenters. The van der Waals surface area contributed by atoms with E-state index in [1.807, 2.05) is 23.6 Å². The van der Waals surface area contributed by atoms with Gasteiger partial charge in [-0.1, -0.05) is 26.0 Å². The van der Waals surface area contributed by atoms with E-state index in [0.29, 0.717) is 45.7 Å².